The summed E-state index contributed by atoms with van der Waals surface area (Å²) in [5.74, 6) is -1.41. The number of halogens is 3. The van der Waals surface area contributed by atoms with Crippen molar-refractivity contribution in [1.82, 2.24) is 0 Å². The maximum absolute atomic E-state index is 12.6. The number of esters is 1. The van der Waals surface area contributed by atoms with Crippen LogP contribution in [0.3, 0.4) is 0 Å². The molecule has 0 aliphatic rings. The van der Waals surface area contributed by atoms with Gasteiger partial charge in [-0.1, -0.05) is 18.2 Å². The third-order valence-electron chi connectivity index (χ3n) is 2.20. The lowest BCUT2D eigenvalue weighted by molar-refractivity contribution is -0.148. The minimum Gasteiger partial charge on any atom is -0.465 e. The smallest absolute Gasteiger partial charge is 0.424 e. The van der Waals surface area contributed by atoms with E-state index in [0.717, 1.165) is 7.11 Å². The standard InChI is InChI=1S/C12H12F3NO2/c1-16(9-6-4-3-5-7-9)8-10(11(17)18-2)12(13,14)15/h3-8H,1-2H3/b10-8+. The average Bonchev–Trinajstić information content (AvgIpc) is 2.34. The van der Waals surface area contributed by atoms with Crippen LogP contribution < -0.4 is 4.90 Å². The molecule has 0 aliphatic carbocycles. The number of carbonyl (C=O) groups is 1. The van der Waals surface area contributed by atoms with E-state index >= 15 is 0 Å². The van der Waals surface area contributed by atoms with Gasteiger partial charge < -0.3 is 9.64 Å². The molecule has 0 spiro atoms. The number of para-hydroxylation sites is 1. The molecule has 18 heavy (non-hydrogen) atoms. The molecule has 0 fully saturated rings. The molecule has 3 nitrogen and oxygen atoms in total. The van der Waals surface area contributed by atoms with E-state index in [-0.39, 0.29) is 0 Å². The second-order valence-electron chi connectivity index (χ2n) is 3.48. The fourth-order valence-corrected chi connectivity index (χ4v) is 1.28. The Kier molecular flexibility index (Phi) is 4.36. The summed E-state index contributed by atoms with van der Waals surface area (Å²) in [6.45, 7) is 0. The van der Waals surface area contributed by atoms with Gasteiger partial charge in [-0.15, -0.1) is 0 Å². The van der Waals surface area contributed by atoms with Gasteiger partial charge >= 0.3 is 12.1 Å². The Hall–Kier alpha value is -1.98. The molecule has 0 amide bonds. The zero-order valence-corrected chi connectivity index (χ0v) is 9.86. The van der Waals surface area contributed by atoms with Gasteiger partial charge in [0.05, 0.1) is 7.11 Å². The number of benzene rings is 1. The monoisotopic (exact) mass is 259 g/mol. The third-order valence-corrected chi connectivity index (χ3v) is 2.20. The van der Waals surface area contributed by atoms with E-state index in [1.165, 1.54) is 11.9 Å². The van der Waals surface area contributed by atoms with Crippen LogP contribution in [0.2, 0.25) is 0 Å². The highest BCUT2D eigenvalue weighted by Gasteiger charge is 2.40. The van der Waals surface area contributed by atoms with Crippen molar-refractivity contribution in [1.29, 1.82) is 0 Å². The quantitative estimate of drug-likeness (QED) is 0.617. The van der Waals surface area contributed by atoms with Crippen LogP contribution in [0.25, 0.3) is 0 Å². The van der Waals surface area contributed by atoms with Crippen molar-refractivity contribution >= 4 is 11.7 Å². The SMILES string of the molecule is COC(=O)/C(=C\N(C)c1ccccc1)C(F)(F)F. The van der Waals surface area contributed by atoms with Crippen LogP contribution in [0.4, 0.5) is 18.9 Å². The molecular formula is C12H12F3NO2. The number of rotatable bonds is 3. The first-order valence-corrected chi connectivity index (χ1v) is 5.01. The van der Waals surface area contributed by atoms with Gasteiger partial charge in [-0.2, -0.15) is 13.2 Å². The predicted molar refractivity (Wildman–Crippen MR) is 61.0 cm³/mol. The third kappa shape index (κ3) is 3.51. The van der Waals surface area contributed by atoms with E-state index in [1.54, 1.807) is 30.3 Å². The second-order valence-corrected chi connectivity index (χ2v) is 3.48. The number of nitrogens with zero attached hydrogens (tertiary/aromatic N) is 1. The number of methoxy groups -OCH3 is 1. The van der Waals surface area contributed by atoms with Gasteiger partial charge in [-0.05, 0) is 12.1 Å². The number of anilines is 1. The first kappa shape index (κ1) is 14.1. The summed E-state index contributed by atoms with van der Waals surface area (Å²) in [4.78, 5) is 12.3. The Labute approximate surface area is 102 Å². The van der Waals surface area contributed by atoms with Crippen molar-refractivity contribution in [2.75, 3.05) is 19.1 Å². The highest BCUT2D eigenvalue weighted by atomic mass is 19.4. The summed E-state index contributed by atoms with van der Waals surface area (Å²) < 4.78 is 42.0. The lowest BCUT2D eigenvalue weighted by Crippen LogP contribution is -2.24. The fourth-order valence-electron chi connectivity index (χ4n) is 1.28. The van der Waals surface area contributed by atoms with Crippen LogP contribution in [0.5, 0.6) is 0 Å². The molecule has 1 aromatic carbocycles. The molecule has 0 bridgehead atoms. The fraction of sp³-hybridized carbons (Fsp3) is 0.250. The van der Waals surface area contributed by atoms with Gasteiger partial charge in [0.15, 0.2) is 5.57 Å². The van der Waals surface area contributed by atoms with Gasteiger partial charge in [-0.25, -0.2) is 4.79 Å². The molecular weight excluding hydrogens is 247 g/mol. The van der Waals surface area contributed by atoms with Crippen LogP contribution in [-0.4, -0.2) is 26.3 Å². The Balaban J connectivity index is 3.06. The largest absolute Gasteiger partial charge is 0.465 e. The molecule has 0 atom stereocenters. The maximum atomic E-state index is 12.6. The Morgan fingerprint density at radius 1 is 1.28 bits per heavy atom. The number of carbonyl (C=O) groups excluding carboxylic acids is 1. The van der Waals surface area contributed by atoms with Crippen molar-refractivity contribution in [2.45, 2.75) is 6.18 Å². The van der Waals surface area contributed by atoms with Gasteiger partial charge in [0.2, 0.25) is 0 Å². The van der Waals surface area contributed by atoms with Gasteiger partial charge in [0.25, 0.3) is 0 Å². The van der Waals surface area contributed by atoms with Gasteiger partial charge in [0, 0.05) is 18.9 Å². The lowest BCUT2D eigenvalue weighted by Gasteiger charge is -2.17. The first-order chi connectivity index (χ1) is 8.36. The van der Waals surface area contributed by atoms with E-state index in [2.05, 4.69) is 4.74 Å². The molecule has 1 rings (SSSR count). The lowest BCUT2D eigenvalue weighted by atomic mass is 10.2. The van der Waals surface area contributed by atoms with E-state index in [9.17, 15) is 18.0 Å². The number of ether oxygens (including phenoxy) is 1. The van der Waals surface area contributed by atoms with Crippen LogP contribution in [0.15, 0.2) is 42.1 Å². The van der Waals surface area contributed by atoms with Crippen molar-refractivity contribution in [3.8, 4) is 0 Å². The van der Waals surface area contributed by atoms with E-state index in [4.69, 9.17) is 0 Å². The predicted octanol–water partition coefficient (Wildman–Crippen LogP) is 2.74. The van der Waals surface area contributed by atoms with Gasteiger partial charge in [-0.3, -0.25) is 0 Å². The minimum absolute atomic E-state index is 0.531. The van der Waals surface area contributed by atoms with Crippen molar-refractivity contribution in [3.63, 3.8) is 0 Å². The summed E-state index contributed by atoms with van der Waals surface area (Å²) in [7, 11) is 2.33. The number of hydrogen-bond donors (Lipinski definition) is 0. The molecule has 0 N–H and O–H groups in total. The van der Waals surface area contributed by atoms with Crippen molar-refractivity contribution in [3.05, 3.63) is 42.1 Å². The highest BCUT2D eigenvalue weighted by Crippen LogP contribution is 2.27. The zero-order chi connectivity index (χ0) is 13.8. The average molecular weight is 259 g/mol. The molecule has 0 saturated carbocycles. The van der Waals surface area contributed by atoms with Crippen LogP contribution in [0.1, 0.15) is 0 Å². The Bertz CT molecular complexity index is 440. The first-order valence-electron chi connectivity index (χ1n) is 5.01. The van der Waals surface area contributed by atoms with E-state index in [0.29, 0.717) is 11.9 Å². The van der Waals surface area contributed by atoms with Gasteiger partial charge in [0.1, 0.15) is 0 Å². The highest BCUT2D eigenvalue weighted by molar-refractivity contribution is 5.90. The summed E-state index contributed by atoms with van der Waals surface area (Å²) in [6, 6.07) is 8.37. The molecule has 0 heterocycles. The second kappa shape index (κ2) is 5.57. The maximum Gasteiger partial charge on any atom is 0.424 e. The van der Waals surface area contributed by atoms with Crippen LogP contribution in [-0.2, 0) is 9.53 Å². The summed E-state index contributed by atoms with van der Waals surface area (Å²) in [5, 5.41) is 0. The van der Waals surface area contributed by atoms with Crippen molar-refractivity contribution in [2.24, 2.45) is 0 Å². The summed E-state index contributed by atoms with van der Waals surface area (Å²) in [6.07, 6.45) is -4.04. The Morgan fingerprint density at radius 2 is 1.83 bits per heavy atom. The molecule has 1 aromatic rings. The normalized spacial score (nSPS) is 12.2. The molecule has 0 saturated heterocycles. The molecule has 0 radical (unpaired) electrons. The summed E-state index contributed by atoms with van der Waals surface area (Å²) >= 11 is 0. The molecule has 0 aliphatic heterocycles. The zero-order valence-electron chi connectivity index (χ0n) is 9.86. The van der Waals surface area contributed by atoms with Crippen LogP contribution >= 0.6 is 0 Å². The Morgan fingerprint density at radius 3 is 2.28 bits per heavy atom. The van der Waals surface area contributed by atoms with Crippen LogP contribution in [0, 0.1) is 0 Å². The molecule has 98 valence electrons. The number of alkyl halides is 3. The molecule has 0 aromatic heterocycles. The minimum atomic E-state index is -4.75. The molecule has 6 heteroatoms. The van der Waals surface area contributed by atoms with E-state index < -0.39 is 17.7 Å². The molecule has 0 unspecified atom stereocenters. The summed E-state index contributed by atoms with van der Waals surface area (Å²) in [5.41, 5.74) is -0.820. The van der Waals surface area contributed by atoms with E-state index in [1.807, 2.05) is 0 Å². The topological polar surface area (TPSA) is 29.5 Å². The number of hydrogen-bond acceptors (Lipinski definition) is 3. The van der Waals surface area contributed by atoms with Crippen molar-refractivity contribution < 1.29 is 22.7 Å².